The number of fused-ring (bicyclic) bond motifs is 5. The van der Waals surface area contributed by atoms with Crippen molar-refractivity contribution in [3.05, 3.63) is 46.4 Å². The number of hydrogen-bond donors (Lipinski definition) is 0. The number of thiazole rings is 1. The Kier molecular flexibility index (Phi) is 4.46. The van der Waals surface area contributed by atoms with E-state index in [9.17, 15) is 9.59 Å². The molecule has 3 fully saturated rings. The lowest BCUT2D eigenvalue weighted by Crippen LogP contribution is -2.33. The molecule has 2 aliphatic carbocycles. The summed E-state index contributed by atoms with van der Waals surface area (Å²) in [5.41, 5.74) is 5.85. The van der Waals surface area contributed by atoms with Gasteiger partial charge in [-0.3, -0.25) is 9.59 Å². The molecule has 2 amide bonds. The average molecular weight is 407 g/mol. The van der Waals surface area contributed by atoms with Gasteiger partial charge in [-0.05, 0) is 50.5 Å². The van der Waals surface area contributed by atoms with Crippen LogP contribution in [0.1, 0.15) is 45.6 Å². The maximum atomic E-state index is 13.3. The number of rotatable bonds is 4. The number of hydrogen-bond acceptors (Lipinski definition) is 4. The highest BCUT2D eigenvalue weighted by atomic mass is 32.1. The molecule has 1 aliphatic heterocycles. The van der Waals surface area contributed by atoms with Crippen LogP contribution in [0, 0.1) is 23.7 Å². The zero-order chi connectivity index (χ0) is 20.3. The molecule has 5 heteroatoms. The standard InChI is InChI=1S/C24H26N2O2S/c1-4-5-14-6-8-15(9-7-14)18-12-29-24(25-18)26-22(27)20-16-10-11-17(19(16)13(2)3)21(20)23(26)28/h6-9,12,16-17,20-21H,4-5,10-11H2,1-3H3/t16-,17-,20-,21-/m0/s1. The molecule has 5 rings (SSSR count). The van der Waals surface area contributed by atoms with Crippen LogP contribution >= 0.6 is 11.3 Å². The smallest absolute Gasteiger partial charge is 0.240 e. The van der Waals surface area contributed by atoms with Gasteiger partial charge in [0.05, 0.1) is 17.5 Å². The number of carbonyl (C=O) groups is 2. The van der Waals surface area contributed by atoms with Crippen LogP contribution in [0.3, 0.4) is 0 Å². The molecule has 2 heterocycles. The number of anilines is 1. The van der Waals surface area contributed by atoms with E-state index in [-0.39, 0.29) is 35.5 Å². The van der Waals surface area contributed by atoms with Gasteiger partial charge in [0.2, 0.25) is 11.8 Å². The minimum absolute atomic E-state index is 0.0369. The summed E-state index contributed by atoms with van der Waals surface area (Å²) < 4.78 is 0. The third-order valence-corrected chi connectivity index (χ3v) is 7.73. The first-order chi connectivity index (χ1) is 14.0. The summed E-state index contributed by atoms with van der Waals surface area (Å²) >= 11 is 1.39. The van der Waals surface area contributed by atoms with Gasteiger partial charge < -0.3 is 0 Å². The van der Waals surface area contributed by atoms with Crippen molar-refractivity contribution in [3.63, 3.8) is 0 Å². The minimum Gasteiger partial charge on any atom is -0.274 e. The molecular formula is C24H26N2O2S. The van der Waals surface area contributed by atoms with E-state index in [0.29, 0.717) is 5.13 Å². The monoisotopic (exact) mass is 406 g/mol. The fourth-order valence-corrected chi connectivity index (χ4v) is 6.65. The van der Waals surface area contributed by atoms with Gasteiger partial charge in [0.15, 0.2) is 5.13 Å². The number of aryl methyl sites for hydroxylation is 1. The highest BCUT2D eigenvalue weighted by Gasteiger charge is 2.64. The molecular weight excluding hydrogens is 380 g/mol. The molecule has 0 unspecified atom stereocenters. The number of allylic oxidation sites excluding steroid dienone is 2. The second-order valence-corrected chi connectivity index (χ2v) is 9.61. The van der Waals surface area contributed by atoms with Gasteiger partial charge >= 0.3 is 0 Å². The molecule has 4 atom stereocenters. The minimum atomic E-state index is -0.174. The predicted octanol–water partition coefficient (Wildman–Crippen LogP) is 5.24. The summed E-state index contributed by atoms with van der Waals surface area (Å²) in [5, 5.41) is 2.48. The second kappa shape index (κ2) is 6.91. The third-order valence-electron chi connectivity index (χ3n) is 6.90. The zero-order valence-electron chi connectivity index (χ0n) is 17.1. The van der Waals surface area contributed by atoms with E-state index in [0.717, 1.165) is 36.9 Å². The molecule has 2 aromatic rings. The number of amides is 2. The Balaban J connectivity index is 1.43. The van der Waals surface area contributed by atoms with Crippen LogP contribution in [0.5, 0.6) is 0 Å². The van der Waals surface area contributed by atoms with Gasteiger partial charge in [0.25, 0.3) is 0 Å². The van der Waals surface area contributed by atoms with E-state index in [2.05, 4.69) is 50.0 Å². The number of benzene rings is 1. The molecule has 2 bridgehead atoms. The lowest BCUT2D eigenvalue weighted by Gasteiger charge is -2.18. The molecule has 29 heavy (non-hydrogen) atoms. The van der Waals surface area contributed by atoms with Crippen molar-refractivity contribution in [3.8, 4) is 11.3 Å². The molecule has 150 valence electrons. The van der Waals surface area contributed by atoms with E-state index >= 15 is 0 Å². The number of carbonyl (C=O) groups excluding carboxylic acids is 2. The number of nitrogens with zero attached hydrogens (tertiary/aromatic N) is 2. The summed E-state index contributed by atoms with van der Waals surface area (Å²) in [5.74, 6) is 0.0814. The topological polar surface area (TPSA) is 50.3 Å². The van der Waals surface area contributed by atoms with Gasteiger partial charge in [-0.15, -0.1) is 11.3 Å². The van der Waals surface area contributed by atoms with Crippen LogP contribution in [-0.4, -0.2) is 16.8 Å². The van der Waals surface area contributed by atoms with Crippen molar-refractivity contribution in [2.75, 3.05) is 4.90 Å². The Morgan fingerprint density at radius 3 is 2.24 bits per heavy atom. The largest absolute Gasteiger partial charge is 0.274 e. The zero-order valence-corrected chi connectivity index (χ0v) is 18.0. The number of imide groups is 1. The Morgan fingerprint density at radius 1 is 1.07 bits per heavy atom. The van der Waals surface area contributed by atoms with Crippen LogP contribution in [0.4, 0.5) is 5.13 Å². The van der Waals surface area contributed by atoms with Crippen molar-refractivity contribution in [1.82, 2.24) is 4.98 Å². The molecule has 0 spiro atoms. The summed E-state index contributed by atoms with van der Waals surface area (Å²) in [6.07, 6.45) is 4.26. The normalized spacial score (nSPS) is 27.8. The van der Waals surface area contributed by atoms with Crippen LogP contribution in [0.2, 0.25) is 0 Å². The van der Waals surface area contributed by atoms with Gasteiger partial charge in [-0.1, -0.05) is 48.8 Å². The van der Waals surface area contributed by atoms with E-state index in [1.807, 2.05) is 5.38 Å². The second-order valence-electron chi connectivity index (χ2n) is 8.77. The van der Waals surface area contributed by atoms with Gasteiger partial charge in [0, 0.05) is 10.9 Å². The first kappa shape index (κ1) is 18.7. The highest BCUT2D eigenvalue weighted by molar-refractivity contribution is 7.14. The van der Waals surface area contributed by atoms with E-state index in [4.69, 9.17) is 0 Å². The van der Waals surface area contributed by atoms with Crippen LogP contribution in [-0.2, 0) is 16.0 Å². The van der Waals surface area contributed by atoms with Gasteiger partial charge in [-0.2, -0.15) is 0 Å². The average Bonchev–Trinajstić information content (AvgIpc) is 3.45. The summed E-state index contributed by atoms with van der Waals surface area (Å²) in [4.78, 5) is 32.6. The molecule has 1 aromatic heterocycles. The molecule has 4 nitrogen and oxygen atoms in total. The molecule has 0 N–H and O–H groups in total. The Labute approximate surface area is 175 Å². The van der Waals surface area contributed by atoms with Gasteiger partial charge in [0.1, 0.15) is 0 Å². The maximum Gasteiger partial charge on any atom is 0.240 e. The first-order valence-electron chi connectivity index (χ1n) is 10.6. The van der Waals surface area contributed by atoms with Gasteiger partial charge in [-0.25, -0.2) is 9.88 Å². The van der Waals surface area contributed by atoms with E-state index < -0.39 is 0 Å². The fourth-order valence-electron chi connectivity index (χ4n) is 5.81. The van der Waals surface area contributed by atoms with Crippen molar-refractivity contribution < 1.29 is 9.59 Å². The van der Waals surface area contributed by atoms with Crippen molar-refractivity contribution >= 4 is 28.3 Å². The molecule has 3 aliphatic rings. The Hall–Kier alpha value is -2.27. The van der Waals surface area contributed by atoms with Crippen molar-refractivity contribution in [2.24, 2.45) is 23.7 Å². The summed E-state index contributed by atoms with van der Waals surface area (Å²) in [6, 6.07) is 8.42. The molecule has 2 saturated carbocycles. The molecule has 1 aromatic carbocycles. The van der Waals surface area contributed by atoms with Crippen molar-refractivity contribution in [1.29, 1.82) is 0 Å². The van der Waals surface area contributed by atoms with Crippen LogP contribution < -0.4 is 4.90 Å². The van der Waals surface area contributed by atoms with E-state index in [1.165, 1.54) is 32.9 Å². The molecule has 0 radical (unpaired) electrons. The summed E-state index contributed by atoms with van der Waals surface area (Å²) in [6.45, 7) is 6.41. The highest BCUT2D eigenvalue weighted by Crippen LogP contribution is 2.60. The van der Waals surface area contributed by atoms with Crippen LogP contribution in [0.15, 0.2) is 40.8 Å². The lowest BCUT2D eigenvalue weighted by molar-refractivity contribution is -0.123. The van der Waals surface area contributed by atoms with Crippen LogP contribution in [0.25, 0.3) is 11.3 Å². The van der Waals surface area contributed by atoms with Crippen molar-refractivity contribution in [2.45, 2.75) is 46.5 Å². The Morgan fingerprint density at radius 2 is 1.69 bits per heavy atom. The Bertz CT molecular complexity index is 984. The number of aromatic nitrogens is 1. The molecule has 1 saturated heterocycles. The SMILES string of the molecule is CCCc1ccc(-c2csc(N3C(=O)[C@@H]4[C@@H](C3=O)[C@H]3CC[C@H]4C3=C(C)C)n2)cc1. The quantitative estimate of drug-likeness (QED) is 0.515. The fraction of sp³-hybridized carbons (Fsp3) is 0.458. The first-order valence-corrected chi connectivity index (χ1v) is 11.5. The predicted molar refractivity (Wildman–Crippen MR) is 116 cm³/mol. The van der Waals surface area contributed by atoms with E-state index in [1.54, 1.807) is 0 Å². The summed E-state index contributed by atoms with van der Waals surface area (Å²) in [7, 11) is 0. The maximum absolute atomic E-state index is 13.3. The third kappa shape index (κ3) is 2.74. The lowest BCUT2D eigenvalue weighted by atomic mass is 9.81.